The predicted octanol–water partition coefficient (Wildman–Crippen LogP) is 3.16. The summed E-state index contributed by atoms with van der Waals surface area (Å²) in [6, 6.07) is 4.92. The highest BCUT2D eigenvalue weighted by atomic mass is 35.5. The van der Waals surface area contributed by atoms with Crippen molar-refractivity contribution in [3.8, 4) is 0 Å². The molecule has 0 aliphatic rings. The minimum Gasteiger partial charge on any atom is -0.330 e. The normalized spacial score (nSPS) is 12.6. The highest BCUT2D eigenvalue weighted by Crippen LogP contribution is 2.23. The second-order valence-electron chi connectivity index (χ2n) is 4.23. The number of hydrogen-bond donors (Lipinski definition) is 2. The smallest absolute Gasteiger partial charge is 0.229 e. The van der Waals surface area contributed by atoms with Crippen molar-refractivity contribution in [3.63, 3.8) is 0 Å². The van der Waals surface area contributed by atoms with Crippen LogP contribution < -0.4 is 11.1 Å². The maximum atomic E-state index is 11.9. The number of nitrogens with one attached hydrogen (secondary N) is 1. The van der Waals surface area contributed by atoms with E-state index in [-0.39, 0.29) is 17.7 Å². The largest absolute Gasteiger partial charge is 0.330 e. The van der Waals surface area contributed by atoms with Gasteiger partial charge in [0.1, 0.15) is 0 Å². The molecule has 3 N–H and O–H groups in total. The van der Waals surface area contributed by atoms with Gasteiger partial charge in [-0.2, -0.15) is 0 Å². The Balaban J connectivity index is 2.80. The van der Waals surface area contributed by atoms with Crippen LogP contribution in [0, 0.1) is 11.8 Å². The number of rotatable bonds is 4. The third kappa shape index (κ3) is 4.19. The third-order valence-electron chi connectivity index (χ3n) is 2.53. The first-order valence-electron chi connectivity index (χ1n) is 5.41. The standard InChI is InChI=1S/C12H16Cl2N2O/c1-7(2)11(6-15)12(17)16-10-4-8(13)3-9(14)5-10/h3-5,7,11H,6,15H2,1-2H3,(H,16,17). The quantitative estimate of drug-likeness (QED) is 0.886. The summed E-state index contributed by atoms with van der Waals surface area (Å²) in [5.74, 6) is -0.136. The lowest BCUT2D eigenvalue weighted by Crippen LogP contribution is -2.33. The van der Waals surface area contributed by atoms with Gasteiger partial charge >= 0.3 is 0 Å². The SMILES string of the molecule is CC(C)C(CN)C(=O)Nc1cc(Cl)cc(Cl)c1. The zero-order valence-corrected chi connectivity index (χ0v) is 11.3. The second-order valence-corrected chi connectivity index (χ2v) is 5.11. The number of carbonyl (C=O) groups excluding carboxylic acids is 1. The fraction of sp³-hybridized carbons (Fsp3) is 0.417. The molecule has 3 nitrogen and oxygen atoms in total. The fourth-order valence-electron chi connectivity index (χ4n) is 1.54. The number of halogens is 2. The van der Waals surface area contributed by atoms with Crippen LogP contribution in [0.4, 0.5) is 5.69 Å². The summed E-state index contributed by atoms with van der Waals surface area (Å²) in [5, 5.41) is 3.74. The van der Waals surface area contributed by atoms with Crippen molar-refractivity contribution in [2.75, 3.05) is 11.9 Å². The number of hydrogen-bond acceptors (Lipinski definition) is 2. The Morgan fingerprint density at radius 2 is 1.82 bits per heavy atom. The van der Waals surface area contributed by atoms with Crippen molar-refractivity contribution < 1.29 is 4.79 Å². The highest BCUT2D eigenvalue weighted by molar-refractivity contribution is 6.35. The van der Waals surface area contributed by atoms with Crippen LogP contribution in [-0.2, 0) is 4.79 Å². The molecule has 17 heavy (non-hydrogen) atoms. The first-order valence-corrected chi connectivity index (χ1v) is 6.16. The average Bonchev–Trinajstić information content (AvgIpc) is 2.15. The molecule has 0 radical (unpaired) electrons. The van der Waals surface area contributed by atoms with Gasteiger partial charge in [-0.15, -0.1) is 0 Å². The maximum absolute atomic E-state index is 11.9. The van der Waals surface area contributed by atoms with Crippen molar-refractivity contribution in [1.82, 2.24) is 0 Å². The Morgan fingerprint density at radius 1 is 1.29 bits per heavy atom. The molecule has 1 aromatic rings. The number of amides is 1. The van der Waals surface area contributed by atoms with E-state index in [1.807, 2.05) is 13.8 Å². The van der Waals surface area contributed by atoms with E-state index in [9.17, 15) is 4.79 Å². The molecule has 0 fully saturated rings. The van der Waals surface area contributed by atoms with Crippen LogP contribution >= 0.6 is 23.2 Å². The van der Waals surface area contributed by atoms with Gasteiger partial charge in [-0.1, -0.05) is 37.0 Å². The topological polar surface area (TPSA) is 55.1 Å². The molecule has 5 heteroatoms. The van der Waals surface area contributed by atoms with E-state index < -0.39 is 0 Å². The van der Waals surface area contributed by atoms with E-state index in [0.717, 1.165) is 0 Å². The lowest BCUT2D eigenvalue weighted by Gasteiger charge is -2.18. The van der Waals surface area contributed by atoms with E-state index >= 15 is 0 Å². The predicted molar refractivity (Wildman–Crippen MR) is 72.5 cm³/mol. The lowest BCUT2D eigenvalue weighted by atomic mass is 9.95. The summed E-state index contributed by atoms with van der Waals surface area (Å²) in [7, 11) is 0. The highest BCUT2D eigenvalue weighted by Gasteiger charge is 2.20. The van der Waals surface area contributed by atoms with E-state index in [1.165, 1.54) is 0 Å². The molecule has 0 bridgehead atoms. The minimum absolute atomic E-state index is 0.110. The molecule has 0 saturated carbocycles. The molecule has 0 aromatic heterocycles. The molecule has 1 aromatic carbocycles. The number of carbonyl (C=O) groups is 1. The van der Waals surface area contributed by atoms with Crippen LogP contribution in [-0.4, -0.2) is 12.5 Å². The van der Waals surface area contributed by atoms with Gasteiger partial charge in [0.15, 0.2) is 0 Å². The zero-order valence-electron chi connectivity index (χ0n) is 9.84. The molecule has 1 amide bonds. The van der Waals surface area contributed by atoms with E-state index in [1.54, 1.807) is 18.2 Å². The van der Waals surface area contributed by atoms with Crippen LogP contribution in [0.3, 0.4) is 0 Å². The Morgan fingerprint density at radius 3 is 2.24 bits per heavy atom. The Kier molecular flexibility index (Phi) is 5.25. The van der Waals surface area contributed by atoms with Crippen molar-refractivity contribution in [2.24, 2.45) is 17.6 Å². The molecule has 0 spiro atoms. The molecule has 0 aliphatic heterocycles. The number of anilines is 1. The van der Waals surface area contributed by atoms with Crippen molar-refractivity contribution in [2.45, 2.75) is 13.8 Å². The van der Waals surface area contributed by atoms with Gasteiger partial charge in [-0.05, 0) is 24.1 Å². The van der Waals surface area contributed by atoms with Gasteiger partial charge in [-0.25, -0.2) is 0 Å². The molecule has 0 aliphatic carbocycles. The Hall–Kier alpha value is -0.770. The molecular weight excluding hydrogens is 259 g/mol. The lowest BCUT2D eigenvalue weighted by molar-refractivity contribution is -0.120. The molecule has 1 unspecified atom stereocenters. The van der Waals surface area contributed by atoms with E-state index in [2.05, 4.69) is 5.32 Å². The molecule has 0 heterocycles. The van der Waals surface area contributed by atoms with Crippen LogP contribution in [0.25, 0.3) is 0 Å². The second kappa shape index (κ2) is 6.24. The minimum atomic E-state index is -0.215. The van der Waals surface area contributed by atoms with E-state index in [0.29, 0.717) is 22.3 Å². The number of benzene rings is 1. The van der Waals surface area contributed by atoms with Gasteiger partial charge < -0.3 is 11.1 Å². The zero-order chi connectivity index (χ0) is 13.0. The van der Waals surface area contributed by atoms with Crippen LogP contribution in [0.2, 0.25) is 10.0 Å². The van der Waals surface area contributed by atoms with Crippen LogP contribution in [0.1, 0.15) is 13.8 Å². The molecule has 1 rings (SSSR count). The monoisotopic (exact) mass is 274 g/mol. The van der Waals surface area contributed by atoms with Crippen molar-refractivity contribution in [3.05, 3.63) is 28.2 Å². The summed E-state index contributed by atoms with van der Waals surface area (Å²) in [6.45, 7) is 4.24. The van der Waals surface area contributed by atoms with Gasteiger partial charge in [0.2, 0.25) is 5.91 Å². The maximum Gasteiger partial charge on any atom is 0.229 e. The molecule has 1 atom stereocenters. The average molecular weight is 275 g/mol. The fourth-order valence-corrected chi connectivity index (χ4v) is 2.07. The van der Waals surface area contributed by atoms with Crippen LogP contribution in [0.15, 0.2) is 18.2 Å². The van der Waals surface area contributed by atoms with Gasteiger partial charge in [-0.3, -0.25) is 4.79 Å². The Labute approximate surface area is 111 Å². The van der Waals surface area contributed by atoms with E-state index in [4.69, 9.17) is 28.9 Å². The first kappa shape index (κ1) is 14.3. The Bertz CT molecular complexity index is 387. The van der Waals surface area contributed by atoms with Crippen molar-refractivity contribution in [1.29, 1.82) is 0 Å². The number of nitrogens with two attached hydrogens (primary N) is 1. The molecule has 94 valence electrons. The third-order valence-corrected chi connectivity index (χ3v) is 2.96. The molecular formula is C12H16Cl2N2O. The molecule has 0 saturated heterocycles. The van der Waals surface area contributed by atoms with Gasteiger partial charge in [0.05, 0.1) is 5.92 Å². The van der Waals surface area contributed by atoms with Crippen LogP contribution in [0.5, 0.6) is 0 Å². The van der Waals surface area contributed by atoms with Gasteiger partial charge in [0, 0.05) is 22.3 Å². The summed E-state index contributed by atoms with van der Waals surface area (Å²) < 4.78 is 0. The summed E-state index contributed by atoms with van der Waals surface area (Å²) >= 11 is 11.7. The summed E-state index contributed by atoms with van der Waals surface area (Å²) in [4.78, 5) is 11.9. The summed E-state index contributed by atoms with van der Waals surface area (Å²) in [5.41, 5.74) is 6.16. The summed E-state index contributed by atoms with van der Waals surface area (Å²) in [6.07, 6.45) is 0. The van der Waals surface area contributed by atoms with Crippen molar-refractivity contribution >= 4 is 34.8 Å². The first-order chi connectivity index (χ1) is 7.93. The van der Waals surface area contributed by atoms with Gasteiger partial charge in [0.25, 0.3) is 0 Å².